The number of esters is 1. The zero-order valence-corrected chi connectivity index (χ0v) is 18.4. The molecule has 29 heavy (non-hydrogen) atoms. The zero-order chi connectivity index (χ0) is 21.2. The third-order valence-corrected chi connectivity index (χ3v) is 9.65. The van der Waals surface area contributed by atoms with E-state index in [1.54, 1.807) is 13.0 Å². The maximum absolute atomic E-state index is 12.7. The van der Waals surface area contributed by atoms with Crippen molar-refractivity contribution < 1.29 is 19.4 Å². The second kappa shape index (κ2) is 6.72. The van der Waals surface area contributed by atoms with E-state index in [0.717, 1.165) is 56.9 Å². The molecule has 2 bridgehead atoms. The predicted molar refractivity (Wildman–Crippen MR) is 112 cm³/mol. The van der Waals surface area contributed by atoms with Crippen molar-refractivity contribution in [2.45, 2.75) is 85.2 Å². The average molecular weight is 401 g/mol. The highest BCUT2D eigenvalue weighted by atomic mass is 16.5. The number of carbonyl (C=O) groups is 2. The number of ether oxygens (including phenoxy) is 1. The molecule has 1 N–H and O–H groups in total. The lowest BCUT2D eigenvalue weighted by Crippen LogP contribution is -2.60. The monoisotopic (exact) mass is 400 g/mol. The first-order chi connectivity index (χ1) is 13.6. The average Bonchev–Trinajstić information content (AvgIpc) is 2.87. The van der Waals surface area contributed by atoms with Crippen LogP contribution in [0.4, 0.5) is 0 Å². The van der Waals surface area contributed by atoms with E-state index in [1.807, 2.05) is 13.8 Å². The molecule has 0 amide bonds. The van der Waals surface area contributed by atoms with Gasteiger partial charge in [0.1, 0.15) is 6.10 Å². The minimum atomic E-state index is -0.644. The van der Waals surface area contributed by atoms with Crippen LogP contribution in [0, 0.1) is 34.0 Å². The number of rotatable bonds is 3. The lowest BCUT2D eigenvalue weighted by molar-refractivity contribution is -0.195. The summed E-state index contributed by atoms with van der Waals surface area (Å²) in [6, 6.07) is 0. The quantitative estimate of drug-likeness (QED) is 0.384. The van der Waals surface area contributed by atoms with Crippen LogP contribution in [0.15, 0.2) is 23.8 Å². The fourth-order valence-corrected chi connectivity index (χ4v) is 8.10. The van der Waals surface area contributed by atoms with E-state index < -0.39 is 11.4 Å². The highest BCUT2D eigenvalue weighted by molar-refractivity contribution is 5.88. The lowest BCUT2D eigenvalue weighted by atomic mass is 9.40. The molecule has 0 aliphatic heterocycles. The molecule has 4 heteroatoms. The molecule has 0 aromatic carbocycles. The number of hydrogen-bond donors (Lipinski definition) is 1. The Kier molecular flexibility index (Phi) is 4.79. The van der Waals surface area contributed by atoms with E-state index in [2.05, 4.69) is 13.5 Å². The molecule has 4 aliphatic carbocycles. The largest absolute Gasteiger partial charge is 0.481 e. The molecule has 0 heterocycles. The van der Waals surface area contributed by atoms with Gasteiger partial charge in [0.15, 0.2) is 0 Å². The fourth-order valence-electron chi connectivity index (χ4n) is 8.10. The van der Waals surface area contributed by atoms with Crippen LogP contribution in [0.3, 0.4) is 0 Å². The summed E-state index contributed by atoms with van der Waals surface area (Å²) < 4.78 is 6.15. The second-order valence-electron chi connectivity index (χ2n) is 10.8. The van der Waals surface area contributed by atoms with Crippen LogP contribution < -0.4 is 0 Å². The van der Waals surface area contributed by atoms with Gasteiger partial charge >= 0.3 is 11.9 Å². The number of allylic oxidation sites excluding steroid dienone is 1. The molecule has 0 aromatic heterocycles. The SMILES string of the molecule is C=C1[C@@H]2CC[C@H]3[C@]4(C)CCC[C@@](C)(C(=O)O)[C@@H]4CC[C@]3(C2)[C@@H]1OC(=O)/C(C)=C\C. The highest BCUT2D eigenvalue weighted by Gasteiger charge is 2.68. The Balaban J connectivity index is 1.73. The molecule has 4 fully saturated rings. The van der Waals surface area contributed by atoms with Gasteiger partial charge in [-0.25, -0.2) is 4.79 Å². The second-order valence-corrected chi connectivity index (χ2v) is 10.8. The van der Waals surface area contributed by atoms with Crippen LogP contribution in [0.1, 0.15) is 79.1 Å². The van der Waals surface area contributed by atoms with Crippen LogP contribution in [0.2, 0.25) is 0 Å². The van der Waals surface area contributed by atoms with Crippen molar-refractivity contribution in [3.63, 3.8) is 0 Å². The van der Waals surface area contributed by atoms with E-state index in [1.165, 1.54) is 0 Å². The van der Waals surface area contributed by atoms with E-state index in [0.29, 0.717) is 17.4 Å². The lowest BCUT2D eigenvalue weighted by Gasteiger charge is -2.63. The molecular weight excluding hydrogens is 364 g/mol. The number of carboxylic acid groups (broad SMARTS) is 1. The van der Waals surface area contributed by atoms with Crippen molar-refractivity contribution in [2.75, 3.05) is 0 Å². The van der Waals surface area contributed by atoms with Gasteiger partial charge in [0.05, 0.1) is 5.41 Å². The Bertz CT molecular complexity index is 782. The minimum absolute atomic E-state index is 0.0144. The van der Waals surface area contributed by atoms with Gasteiger partial charge in [0.25, 0.3) is 0 Å². The summed E-state index contributed by atoms with van der Waals surface area (Å²) in [7, 11) is 0. The van der Waals surface area contributed by atoms with E-state index in [4.69, 9.17) is 4.74 Å². The van der Waals surface area contributed by atoms with Crippen molar-refractivity contribution in [1.82, 2.24) is 0 Å². The van der Waals surface area contributed by atoms with Crippen LogP contribution in [0.25, 0.3) is 0 Å². The minimum Gasteiger partial charge on any atom is -0.481 e. The third-order valence-electron chi connectivity index (χ3n) is 9.65. The van der Waals surface area contributed by atoms with E-state index >= 15 is 0 Å². The molecule has 4 saturated carbocycles. The number of carbonyl (C=O) groups excluding carboxylic acids is 1. The predicted octanol–water partition coefficient (Wildman–Crippen LogP) is 5.53. The molecule has 4 rings (SSSR count). The van der Waals surface area contributed by atoms with Gasteiger partial charge in [-0.2, -0.15) is 0 Å². The summed E-state index contributed by atoms with van der Waals surface area (Å²) in [6.07, 6.45) is 9.50. The van der Waals surface area contributed by atoms with Crippen molar-refractivity contribution >= 4 is 11.9 Å². The third kappa shape index (κ3) is 2.70. The molecule has 1 spiro atoms. The molecule has 160 valence electrons. The van der Waals surface area contributed by atoms with Crippen molar-refractivity contribution in [3.8, 4) is 0 Å². The first kappa shape index (κ1) is 20.7. The summed E-state index contributed by atoms with van der Waals surface area (Å²) in [5.74, 6) is 0.151. The number of carboxylic acids is 1. The Morgan fingerprint density at radius 2 is 1.86 bits per heavy atom. The van der Waals surface area contributed by atoms with Gasteiger partial charge in [-0.05, 0) is 94.5 Å². The Morgan fingerprint density at radius 3 is 2.52 bits per heavy atom. The summed E-state index contributed by atoms with van der Waals surface area (Å²) in [6.45, 7) is 12.4. The Labute approximate surface area is 174 Å². The molecule has 4 nitrogen and oxygen atoms in total. The molecule has 0 aromatic rings. The summed E-state index contributed by atoms with van der Waals surface area (Å²) in [4.78, 5) is 25.0. The van der Waals surface area contributed by atoms with Crippen molar-refractivity contribution in [2.24, 2.45) is 34.0 Å². The summed E-state index contributed by atoms with van der Waals surface area (Å²) >= 11 is 0. The molecule has 7 atom stereocenters. The number of aliphatic carboxylic acids is 1. The van der Waals surface area contributed by atoms with Crippen LogP contribution in [-0.4, -0.2) is 23.1 Å². The Hall–Kier alpha value is -1.58. The topological polar surface area (TPSA) is 63.6 Å². The molecule has 0 saturated heterocycles. The van der Waals surface area contributed by atoms with Gasteiger partial charge in [0, 0.05) is 11.0 Å². The van der Waals surface area contributed by atoms with Crippen LogP contribution in [-0.2, 0) is 14.3 Å². The van der Waals surface area contributed by atoms with Crippen molar-refractivity contribution in [3.05, 3.63) is 23.8 Å². The number of hydrogen-bond acceptors (Lipinski definition) is 3. The Morgan fingerprint density at radius 1 is 1.14 bits per heavy atom. The first-order valence-electron chi connectivity index (χ1n) is 11.4. The standard InChI is InChI=1S/C25H36O4/c1-6-15(2)21(26)29-20-16(3)17-8-9-19-23(4)11-7-12-24(5,22(27)28)18(23)10-13-25(19,20)14-17/h6,17-20H,3,7-14H2,1-2,4-5H3,(H,27,28)/b15-6-/t17-,18-,19+,20-,23-,24-,25-/m1/s1. The number of fused-ring (bicyclic) bond motifs is 3. The van der Waals surface area contributed by atoms with E-state index in [9.17, 15) is 14.7 Å². The first-order valence-corrected chi connectivity index (χ1v) is 11.4. The van der Waals surface area contributed by atoms with Crippen LogP contribution >= 0.6 is 0 Å². The molecular formula is C25H36O4. The zero-order valence-electron chi connectivity index (χ0n) is 18.4. The van der Waals surface area contributed by atoms with Gasteiger partial charge in [0.2, 0.25) is 0 Å². The smallest absolute Gasteiger partial charge is 0.333 e. The molecule has 4 aliphatic rings. The fraction of sp³-hybridized carbons (Fsp3) is 0.760. The molecule has 0 radical (unpaired) electrons. The van der Waals surface area contributed by atoms with Crippen LogP contribution in [0.5, 0.6) is 0 Å². The van der Waals surface area contributed by atoms with E-state index in [-0.39, 0.29) is 28.8 Å². The van der Waals surface area contributed by atoms with Crippen molar-refractivity contribution in [1.29, 1.82) is 0 Å². The van der Waals surface area contributed by atoms with Gasteiger partial charge < -0.3 is 9.84 Å². The highest BCUT2D eigenvalue weighted by Crippen LogP contribution is 2.72. The molecule has 0 unspecified atom stereocenters. The van der Waals surface area contributed by atoms with Gasteiger partial charge in [-0.3, -0.25) is 4.79 Å². The maximum Gasteiger partial charge on any atom is 0.333 e. The maximum atomic E-state index is 12.7. The van der Waals surface area contributed by atoms with Gasteiger partial charge in [-0.15, -0.1) is 0 Å². The van der Waals surface area contributed by atoms with Gasteiger partial charge in [-0.1, -0.05) is 26.0 Å². The summed E-state index contributed by atoms with van der Waals surface area (Å²) in [5, 5.41) is 10.1. The normalized spacial score (nSPS) is 46.6. The summed E-state index contributed by atoms with van der Waals surface area (Å²) in [5.41, 5.74) is 1.02.